The normalized spacial score (nSPS) is 10.2. The Bertz CT molecular complexity index is 314. The smallest absolute Gasteiger partial charge is 0.129 e. The van der Waals surface area contributed by atoms with Gasteiger partial charge >= 0.3 is 0 Å². The van der Waals surface area contributed by atoms with Crippen molar-refractivity contribution >= 4 is 29.0 Å². The predicted octanol–water partition coefficient (Wildman–Crippen LogP) is 3.91. The Kier molecular flexibility index (Phi) is 4.43. The highest BCUT2D eigenvalue weighted by Crippen LogP contribution is 2.25. The number of Topliss-reactive ketones (excluding diaryl/α,β-unsaturated/α-hetero) is 1. The fourth-order valence-corrected chi connectivity index (χ4v) is 1.87. The largest absolute Gasteiger partial charge is 0.300 e. The van der Waals surface area contributed by atoms with Crippen LogP contribution in [-0.4, -0.2) is 5.78 Å². The van der Waals surface area contributed by atoms with E-state index < -0.39 is 0 Å². The molecule has 76 valence electrons. The number of carbonyl (C=O) groups is 1. The summed E-state index contributed by atoms with van der Waals surface area (Å²) in [7, 11) is 0. The van der Waals surface area contributed by atoms with Crippen molar-refractivity contribution < 1.29 is 4.79 Å². The Labute approximate surface area is 94.0 Å². The first kappa shape index (κ1) is 11.5. The molecule has 0 radical (unpaired) electrons. The third-order valence-electron chi connectivity index (χ3n) is 2.02. The molecule has 0 saturated heterocycles. The Balaban J connectivity index is 2.62. The summed E-state index contributed by atoms with van der Waals surface area (Å²) in [5.41, 5.74) is 0.942. The summed E-state index contributed by atoms with van der Waals surface area (Å²) >= 11 is 12.0. The monoisotopic (exact) mass is 230 g/mol. The number of ketones is 1. The second-order valence-corrected chi connectivity index (χ2v) is 4.07. The van der Waals surface area contributed by atoms with Crippen molar-refractivity contribution in [2.75, 3.05) is 0 Å². The Hall–Kier alpha value is -0.530. The van der Waals surface area contributed by atoms with Crippen LogP contribution in [0.15, 0.2) is 18.2 Å². The molecule has 14 heavy (non-hydrogen) atoms. The fraction of sp³-hybridized carbons (Fsp3) is 0.364. The molecule has 0 bridgehead atoms. The minimum Gasteiger partial charge on any atom is -0.300 e. The van der Waals surface area contributed by atoms with Crippen molar-refractivity contribution in [2.24, 2.45) is 0 Å². The van der Waals surface area contributed by atoms with Crippen LogP contribution >= 0.6 is 23.2 Å². The molecule has 1 rings (SSSR count). The standard InChI is InChI=1S/C11H12Cl2O/c1-8(14)4-2-5-9-10(12)6-3-7-11(9)13/h3,6-7H,2,4-5H2,1H3. The van der Waals surface area contributed by atoms with Gasteiger partial charge in [-0.15, -0.1) is 0 Å². The van der Waals surface area contributed by atoms with E-state index in [0.717, 1.165) is 18.4 Å². The number of hydrogen-bond donors (Lipinski definition) is 0. The Morgan fingerprint density at radius 2 is 1.86 bits per heavy atom. The minimum absolute atomic E-state index is 0.202. The summed E-state index contributed by atoms with van der Waals surface area (Å²) < 4.78 is 0. The molecule has 0 N–H and O–H groups in total. The van der Waals surface area contributed by atoms with Crippen LogP contribution in [-0.2, 0) is 11.2 Å². The predicted molar refractivity (Wildman–Crippen MR) is 60.1 cm³/mol. The zero-order chi connectivity index (χ0) is 10.6. The molecule has 0 unspecified atom stereocenters. The molecule has 0 aliphatic rings. The lowest BCUT2D eigenvalue weighted by Gasteiger charge is -2.05. The van der Waals surface area contributed by atoms with Gasteiger partial charge in [0.05, 0.1) is 0 Å². The molecule has 0 aliphatic carbocycles. The molecule has 0 heterocycles. The maximum atomic E-state index is 10.7. The van der Waals surface area contributed by atoms with Crippen LogP contribution < -0.4 is 0 Å². The van der Waals surface area contributed by atoms with Crippen LogP contribution in [0.25, 0.3) is 0 Å². The van der Waals surface area contributed by atoms with E-state index in [2.05, 4.69) is 0 Å². The van der Waals surface area contributed by atoms with Gasteiger partial charge in [0.25, 0.3) is 0 Å². The third kappa shape index (κ3) is 3.32. The van der Waals surface area contributed by atoms with Gasteiger partial charge in [-0.05, 0) is 37.5 Å². The van der Waals surface area contributed by atoms with E-state index in [1.54, 1.807) is 6.92 Å². The Morgan fingerprint density at radius 3 is 2.36 bits per heavy atom. The molecule has 0 saturated carbocycles. The van der Waals surface area contributed by atoms with Crippen molar-refractivity contribution in [2.45, 2.75) is 26.2 Å². The lowest BCUT2D eigenvalue weighted by molar-refractivity contribution is -0.117. The molecule has 0 aliphatic heterocycles. The van der Waals surface area contributed by atoms with Crippen molar-refractivity contribution in [3.63, 3.8) is 0 Å². The van der Waals surface area contributed by atoms with Gasteiger partial charge < -0.3 is 4.79 Å². The highest BCUT2D eigenvalue weighted by Gasteiger charge is 2.05. The van der Waals surface area contributed by atoms with Gasteiger partial charge in [-0.25, -0.2) is 0 Å². The lowest BCUT2D eigenvalue weighted by atomic mass is 10.1. The molecular formula is C11H12Cl2O. The first-order chi connectivity index (χ1) is 6.61. The zero-order valence-electron chi connectivity index (χ0n) is 8.02. The van der Waals surface area contributed by atoms with Crippen molar-refractivity contribution in [1.82, 2.24) is 0 Å². The molecule has 0 aromatic heterocycles. The summed E-state index contributed by atoms with van der Waals surface area (Å²) in [5, 5.41) is 1.36. The highest BCUT2D eigenvalue weighted by molar-refractivity contribution is 6.35. The SMILES string of the molecule is CC(=O)CCCc1c(Cl)cccc1Cl. The van der Waals surface area contributed by atoms with Crippen molar-refractivity contribution in [3.05, 3.63) is 33.8 Å². The first-order valence-corrected chi connectivity index (χ1v) is 5.29. The summed E-state index contributed by atoms with van der Waals surface area (Å²) in [6.07, 6.45) is 2.15. The molecule has 1 aromatic carbocycles. The van der Waals surface area contributed by atoms with Gasteiger partial charge in [-0.3, -0.25) is 0 Å². The summed E-state index contributed by atoms with van der Waals surface area (Å²) in [5.74, 6) is 0.202. The van der Waals surface area contributed by atoms with Gasteiger partial charge in [0.2, 0.25) is 0 Å². The van der Waals surface area contributed by atoms with Crippen molar-refractivity contribution in [3.8, 4) is 0 Å². The number of benzene rings is 1. The van der Waals surface area contributed by atoms with E-state index in [1.165, 1.54) is 0 Å². The van der Waals surface area contributed by atoms with E-state index in [1.807, 2.05) is 18.2 Å². The molecule has 1 aromatic rings. The Morgan fingerprint density at radius 1 is 1.29 bits per heavy atom. The number of hydrogen-bond acceptors (Lipinski definition) is 1. The quantitative estimate of drug-likeness (QED) is 0.767. The fourth-order valence-electron chi connectivity index (χ4n) is 1.29. The van der Waals surface area contributed by atoms with Gasteiger partial charge in [0.1, 0.15) is 5.78 Å². The van der Waals surface area contributed by atoms with E-state index in [0.29, 0.717) is 16.5 Å². The molecule has 0 spiro atoms. The molecule has 0 atom stereocenters. The van der Waals surface area contributed by atoms with Crippen LogP contribution in [0.5, 0.6) is 0 Å². The molecular weight excluding hydrogens is 219 g/mol. The van der Waals surface area contributed by atoms with Crippen LogP contribution in [0.2, 0.25) is 10.0 Å². The average molecular weight is 231 g/mol. The third-order valence-corrected chi connectivity index (χ3v) is 2.73. The van der Waals surface area contributed by atoms with Gasteiger partial charge in [-0.2, -0.15) is 0 Å². The number of rotatable bonds is 4. The van der Waals surface area contributed by atoms with Crippen LogP contribution in [0.4, 0.5) is 0 Å². The second kappa shape index (κ2) is 5.38. The van der Waals surface area contributed by atoms with E-state index in [9.17, 15) is 4.79 Å². The number of carbonyl (C=O) groups excluding carboxylic acids is 1. The second-order valence-electron chi connectivity index (χ2n) is 3.26. The van der Waals surface area contributed by atoms with Gasteiger partial charge in [0, 0.05) is 16.5 Å². The van der Waals surface area contributed by atoms with Crippen molar-refractivity contribution in [1.29, 1.82) is 0 Å². The topological polar surface area (TPSA) is 17.1 Å². The maximum Gasteiger partial charge on any atom is 0.129 e. The maximum absolute atomic E-state index is 10.7. The molecule has 3 heteroatoms. The average Bonchev–Trinajstić information content (AvgIpc) is 2.09. The van der Waals surface area contributed by atoms with E-state index in [4.69, 9.17) is 23.2 Å². The highest BCUT2D eigenvalue weighted by atomic mass is 35.5. The van der Waals surface area contributed by atoms with E-state index in [-0.39, 0.29) is 5.78 Å². The first-order valence-electron chi connectivity index (χ1n) is 4.53. The summed E-state index contributed by atoms with van der Waals surface area (Å²) in [6, 6.07) is 5.45. The summed E-state index contributed by atoms with van der Waals surface area (Å²) in [6.45, 7) is 1.59. The van der Waals surface area contributed by atoms with Crippen LogP contribution in [0.3, 0.4) is 0 Å². The zero-order valence-corrected chi connectivity index (χ0v) is 9.53. The van der Waals surface area contributed by atoms with E-state index >= 15 is 0 Å². The molecule has 0 fully saturated rings. The summed E-state index contributed by atoms with van der Waals surface area (Å²) in [4.78, 5) is 10.7. The number of halogens is 2. The van der Waals surface area contributed by atoms with Crippen LogP contribution in [0.1, 0.15) is 25.3 Å². The van der Waals surface area contributed by atoms with Crippen LogP contribution in [0, 0.1) is 0 Å². The lowest BCUT2D eigenvalue weighted by Crippen LogP contribution is -1.93. The van der Waals surface area contributed by atoms with Gasteiger partial charge in [0.15, 0.2) is 0 Å². The molecule has 0 amide bonds. The van der Waals surface area contributed by atoms with Gasteiger partial charge in [-0.1, -0.05) is 29.3 Å². The minimum atomic E-state index is 0.202. The molecule has 1 nitrogen and oxygen atoms in total.